The summed E-state index contributed by atoms with van der Waals surface area (Å²) in [5.74, 6) is -0.521. The van der Waals surface area contributed by atoms with Crippen LogP contribution in [0.5, 0.6) is 0 Å². The minimum Gasteiger partial charge on any atom is -0.385 e. The van der Waals surface area contributed by atoms with Crippen molar-refractivity contribution in [3.63, 3.8) is 0 Å². The van der Waals surface area contributed by atoms with E-state index >= 15 is 0 Å². The highest BCUT2D eigenvalue weighted by molar-refractivity contribution is 5.92. The SMILES string of the molecule is Cl.Cl.NC(=O)c1n[nH]c2c1CN(CC1(O)CNCCOC1)CC2. The van der Waals surface area contributed by atoms with Crippen molar-refractivity contribution >= 4 is 30.7 Å². The number of ether oxygens (including phenoxy) is 1. The van der Waals surface area contributed by atoms with Crippen LogP contribution in [0.25, 0.3) is 0 Å². The minimum absolute atomic E-state index is 0. The normalized spacial score (nSPS) is 24.7. The van der Waals surface area contributed by atoms with Crippen molar-refractivity contribution in [3.05, 3.63) is 17.0 Å². The zero-order chi connectivity index (χ0) is 14.9. The van der Waals surface area contributed by atoms with Crippen molar-refractivity contribution in [3.8, 4) is 0 Å². The Morgan fingerprint density at radius 2 is 2.26 bits per heavy atom. The molecular weight excluding hydrogens is 345 g/mol. The topological polar surface area (TPSA) is 117 Å². The van der Waals surface area contributed by atoms with E-state index in [4.69, 9.17) is 10.5 Å². The van der Waals surface area contributed by atoms with Gasteiger partial charge in [-0.05, 0) is 0 Å². The molecule has 0 aromatic carbocycles. The molecule has 0 saturated carbocycles. The van der Waals surface area contributed by atoms with Gasteiger partial charge in [0, 0.05) is 50.4 Å². The molecular formula is C13H23Cl2N5O3. The Kier molecular flexibility index (Phi) is 7.25. The lowest BCUT2D eigenvalue weighted by atomic mass is 10.0. The highest BCUT2D eigenvalue weighted by atomic mass is 35.5. The Morgan fingerprint density at radius 1 is 1.48 bits per heavy atom. The average Bonchev–Trinajstić information content (AvgIpc) is 2.74. The fourth-order valence-corrected chi connectivity index (χ4v) is 2.99. The monoisotopic (exact) mass is 367 g/mol. The van der Waals surface area contributed by atoms with Crippen LogP contribution < -0.4 is 11.1 Å². The molecule has 2 aliphatic heterocycles. The van der Waals surface area contributed by atoms with Crippen LogP contribution in [0.1, 0.15) is 21.7 Å². The largest absolute Gasteiger partial charge is 0.385 e. The fraction of sp³-hybridized carbons (Fsp3) is 0.692. The van der Waals surface area contributed by atoms with E-state index in [-0.39, 0.29) is 24.8 Å². The molecule has 23 heavy (non-hydrogen) atoms. The van der Waals surface area contributed by atoms with Gasteiger partial charge < -0.3 is 20.9 Å². The van der Waals surface area contributed by atoms with Crippen LogP contribution >= 0.6 is 24.8 Å². The molecule has 1 amide bonds. The third-order valence-electron chi connectivity index (χ3n) is 4.01. The summed E-state index contributed by atoms with van der Waals surface area (Å²) in [6.07, 6.45) is 0.764. The Morgan fingerprint density at radius 3 is 3.00 bits per heavy atom. The molecule has 3 rings (SSSR count). The van der Waals surface area contributed by atoms with E-state index in [1.807, 2.05) is 0 Å². The number of aliphatic hydroxyl groups is 1. The van der Waals surface area contributed by atoms with Crippen LogP contribution in [0.2, 0.25) is 0 Å². The molecule has 0 radical (unpaired) electrons. The quantitative estimate of drug-likeness (QED) is 0.547. The Hall–Kier alpha value is -0.900. The van der Waals surface area contributed by atoms with Gasteiger partial charge in [0.15, 0.2) is 5.69 Å². The second kappa shape index (κ2) is 8.27. The molecule has 1 unspecified atom stereocenters. The number of nitrogens with one attached hydrogen (secondary N) is 2. The Bertz CT molecular complexity index is 532. The first kappa shape index (κ1) is 20.1. The van der Waals surface area contributed by atoms with Crippen LogP contribution in [0.3, 0.4) is 0 Å². The summed E-state index contributed by atoms with van der Waals surface area (Å²) < 4.78 is 5.44. The van der Waals surface area contributed by atoms with Crippen molar-refractivity contribution in [2.45, 2.75) is 18.6 Å². The fourth-order valence-electron chi connectivity index (χ4n) is 2.99. The zero-order valence-electron chi connectivity index (χ0n) is 12.7. The van der Waals surface area contributed by atoms with Crippen molar-refractivity contribution in [2.24, 2.45) is 5.73 Å². The first-order chi connectivity index (χ1) is 10.1. The lowest BCUT2D eigenvalue weighted by Crippen LogP contribution is -2.52. The molecule has 1 atom stereocenters. The van der Waals surface area contributed by atoms with Gasteiger partial charge in [0.05, 0.1) is 13.2 Å². The number of hydrogen-bond donors (Lipinski definition) is 4. The Labute approximate surface area is 146 Å². The summed E-state index contributed by atoms with van der Waals surface area (Å²) in [5.41, 5.74) is 6.54. The molecule has 1 saturated heterocycles. The van der Waals surface area contributed by atoms with Gasteiger partial charge >= 0.3 is 0 Å². The van der Waals surface area contributed by atoms with Crippen LogP contribution in [0, 0.1) is 0 Å². The second-order valence-electron chi connectivity index (χ2n) is 5.81. The lowest BCUT2D eigenvalue weighted by Gasteiger charge is -2.35. The van der Waals surface area contributed by atoms with Crippen molar-refractivity contribution in [1.82, 2.24) is 20.4 Å². The predicted molar refractivity (Wildman–Crippen MR) is 89.2 cm³/mol. The molecule has 5 N–H and O–H groups in total. The molecule has 1 aromatic rings. The van der Waals surface area contributed by atoms with E-state index in [2.05, 4.69) is 20.4 Å². The van der Waals surface area contributed by atoms with Gasteiger partial charge in [-0.15, -0.1) is 24.8 Å². The Balaban J connectivity index is 0.00000132. The third kappa shape index (κ3) is 4.56. The standard InChI is InChI=1S/C13H21N5O3.2ClH/c14-12(19)11-9-5-18(3-1-10(9)16-17-11)7-13(20)6-15-2-4-21-8-13;;/h15,20H,1-8H2,(H2,14,19)(H,16,17);2*1H. The number of H-pyrrole nitrogens is 1. The van der Waals surface area contributed by atoms with Gasteiger partial charge in [-0.2, -0.15) is 5.10 Å². The lowest BCUT2D eigenvalue weighted by molar-refractivity contribution is -0.0511. The molecule has 0 spiro atoms. The van der Waals surface area contributed by atoms with Gasteiger partial charge in [-0.1, -0.05) is 0 Å². The highest BCUT2D eigenvalue weighted by Gasteiger charge is 2.33. The van der Waals surface area contributed by atoms with E-state index in [1.165, 1.54) is 0 Å². The number of primary amides is 1. The number of halogens is 2. The molecule has 10 heteroatoms. The van der Waals surface area contributed by atoms with Gasteiger partial charge in [0.1, 0.15) is 5.60 Å². The molecule has 132 valence electrons. The number of carbonyl (C=O) groups excluding carboxylic acids is 1. The molecule has 0 aliphatic carbocycles. The zero-order valence-corrected chi connectivity index (χ0v) is 14.3. The molecule has 1 fully saturated rings. The molecule has 3 heterocycles. The number of β-amino-alcohol motifs (C(OH)–C–C–N with tert-alkyl or cyclic N) is 1. The second-order valence-corrected chi connectivity index (χ2v) is 5.81. The van der Waals surface area contributed by atoms with E-state index in [9.17, 15) is 9.90 Å². The van der Waals surface area contributed by atoms with Crippen molar-refractivity contribution in [1.29, 1.82) is 0 Å². The number of fused-ring (bicyclic) bond motifs is 1. The summed E-state index contributed by atoms with van der Waals surface area (Å²) in [5, 5.41) is 20.7. The van der Waals surface area contributed by atoms with Crippen molar-refractivity contribution < 1.29 is 14.6 Å². The number of amides is 1. The number of aromatic nitrogens is 2. The van der Waals surface area contributed by atoms with Gasteiger partial charge in [0.2, 0.25) is 0 Å². The average molecular weight is 368 g/mol. The number of aromatic amines is 1. The molecule has 0 bridgehead atoms. The summed E-state index contributed by atoms with van der Waals surface area (Å²) in [7, 11) is 0. The van der Waals surface area contributed by atoms with E-state index in [0.29, 0.717) is 38.5 Å². The highest BCUT2D eigenvalue weighted by Crippen LogP contribution is 2.22. The van der Waals surface area contributed by atoms with Crippen molar-refractivity contribution in [2.75, 3.05) is 39.4 Å². The molecule has 2 aliphatic rings. The van der Waals surface area contributed by atoms with Crippen LogP contribution in [-0.4, -0.2) is 71.1 Å². The predicted octanol–water partition coefficient (Wildman–Crippen LogP) is -0.939. The minimum atomic E-state index is -0.912. The maximum Gasteiger partial charge on any atom is 0.269 e. The summed E-state index contributed by atoms with van der Waals surface area (Å²) in [4.78, 5) is 13.5. The first-order valence-electron chi connectivity index (χ1n) is 7.16. The van der Waals surface area contributed by atoms with Crippen LogP contribution in [0.4, 0.5) is 0 Å². The molecule has 1 aromatic heterocycles. The summed E-state index contributed by atoms with van der Waals surface area (Å²) in [6.45, 7) is 4.03. The first-order valence-corrected chi connectivity index (χ1v) is 7.16. The number of hydrogen-bond acceptors (Lipinski definition) is 6. The smallest absolute Gasteiger partial charge is 0.269 e. The number of nitrogens with zero attached hydrogens (tertiary/aromatic N) is 2. The van der Waals surface area contributed by atoms with E-state index in [0.717, 1.165) is 30.8 Å². The maximum atomic E-state index is 11.4. The molecule has 8 nitrogen and oxygen atoms in total. The number of nitrogens with two attached hydrogens (primary N) is 1. The maximum absolute atomic E-state index is 11.4. The van der Waals surface area contributed by atoms with E-state index in [1.54, 1.807) is 0 Å². The number of rotatable bonds is 3. The third-order valence-corrected chi connectivity index (χ3v) is 4.01. The van der Waals surface area contributed by atoms with E-state index < -0.39 is 11.5 Å². The van der Waals surface area contributed by atoms with Crippen LogP contribution in [-0.2, 0) is 17.7 Å². The van der Waals surface area contributed by atoms with Crippen LogP contribution in [0.15, 0.2) is 0 Å². The van der Waals surface area contributed by atoms with Gasteiger partial charge in [-0.25, -0.2) is 0 Å². The number of carbonyl (C=O) groups is 1. The summed E-state index contributed by atoms with van der Waals surface area (Å²) in [6, 6.07) is 0. The van der Waals surface area contributed by atoms with Gasteiger partial charge in [0.25, 0.3) is 5.91 Å². The van der Waals surface area contributed by atoms with Gasteiger partial charge in [-0.3, -0.25) is 14.8 Å². The summed E-state index contributed by atoms with van der Waals surface area (Å²) >= 11 is 0.